The van der Waals surface area contributed by atoms with Crippen LogP contribution in [0.15, 0.2) is 66.7 Å². The molecule has 3 aromatic carbocycles. The van der Waals surface area contributed by atoms with Crippen molar-refractivity contribution < 1.29 is 18.7 Å². The number of alkyl halides is 3. The topological polar surface area (TPSA) is 12.0 Å². The lowest BCUT2D eigenvalue weighted by Gasteiger charge is -2.17. The van der Waals surface area contributed by atoms with E-state index in [4.69, 9.17) is 5.48 Å². The van der Waals surface area contributed by atoms with Gasteiger partial charge in [0, 0.05) is 11.5 Å². The zero-order valence-corrected chi connectivity index (χ0v) is 14.3. The molecule has 26 heavy (non-hydrogen) atoms. The average molecular weight is 361 g/mol. The summed E-state index contributed by atoms with van der Waals surface area (Å²) < 4.78 is 71.9. The molecule has 0 aliphatic rings. The van der Waals surface area contributed by atoms with Crippen molar-refractivity contribution in [3.63, 3.8) is 0 Å². The highest BCUT2D eigenvalue weighted by Crippen LogP contribution is 2.29. The van der Waals surface area contributed by atoms with E-state index >= 15 is 0 Å². The molecule has 0 amide bonds. The first-order valence-electron chi connectivity index (χ1n) is 10.3. The second-order valence-electron chi connectivity index (χ2n) is 6.04. The number of aryl methyl sites for hydroxylation is 1. The molecule has 3 rings (SSSR count). The minimum atomic E-state index is -4.59. The van der Waals surface area contributed by atoms with Crippen molar-refractivity contribution in [2.75, 3.05) is 6.50 Å². The molecular weight excluding hydrogens is 335 g/mol. The van der Waals surface area contributed by atoms with Gasteiger partial charge in [0.2, 0.25) is 0 Å². The summed E-state index contributed by atoms with van der Waals surface area (Å²) in [5.41, 5.74) is -0.307. The fourth-order valence-electron chi connectivity index (χ4n) is 2.86. The smallest absolute Gasteiger partial charge is 0.310 e. The van der Waals surface area contributed by atoms with Crippen LogP contribution in [0.25, 0.3) is 10.8 Å². The van der Waals surface area contributed by atoms with E-state index in [9.17, 15) is 13.2 Å². The Kier molecular flexibility index (Phi) is 4.21. The summed E-state index contributed by atoms with van der Waals surface area (Å²) in [5, 5.41) is 4.77. The maximum Gasteiger partial charge on any atom is 0.416 e. The molecule has 1 atom stereocenters. The van der Waals surface area contributed by atoms with Crippen LogP contribution >= 0.6 is 0 Å². The number of rotatable bonds is 6. The van der Waals surface area contributed by atoms with Gasteiger partial charge in [-0.25, -0.2) is 0 Å². The van der Waals surface area contributed by atoms with E-state index in [0.29, 0.717) is 0 Å². The highest BCUT2D eigenvalue weighted by molar-refractivity contribution is 5.86. The van der Waals surface area contributed by atoms with Crippen molar-refractivity contribution in [3.8, 4) is 0 Å². The van der Waals surface area contributed by atoms with E-state index < -0.39 is 37.1 Å². The molecule has 0 saturated carbocycles. The number of fused-ring (bicyclic) bond motifs is 1. The molecule has 3 aromatic rings. The molecule has 0 spiro atoms. The van der Waals surface area contributed by atoms with Gasteiger partial charge in [0.15, 0.2) is 0 Å². The second kappa shape index (κ2) is 7.92. The van der Waals surface area contributed by atoms with Crippen LogP contribution < -0.4 is 5.32 Å². The third kappa shape index (κ3) is 4.44. The Morgan fingerprint density at radius 3 is 2.54 bits per heavy atom. The van der Waals surface area contributed by atoms with E-state index in [-0.39, 0.29) is 5.56 Å². The summed E-state index contributed by atoms with van der Waals surface area (Å²) in [6, 6.07) is 16.9. The van der Waals surface area contributed by atoms with E-state index in [1.807, 2.05) is 42.5 Å². The first kappa shape index (κ1) is 13.8. The normalized spacial score (nSPS) is 16.5. The Morgan fingerprint density at radius 1 is 1.00 bits per heavy atom. The lowest BCUT2D eigenvalue weighted by atomic mass is 9.99. The third-order valence-electron chi connectivity index (χ3n) is 4.18. The van der Waals surface area contributed by atoms with Crippen molar-refractivity contribution in [1.82, 2.24) is 5.32 Å². The Bertz CT molecular complexity index is 1030. The molecule has 0 aliphatic carbocycles. The summed E-state index contributed by atoms with van der Waals surface area (Å²) in [7, 11) is 0. The molecular formula is C22H22F3N. The summed E-state index contributed by atoms with van der Waals surface area (Å²) >= 11 is 0. The summed E-state index contributed by atoms with van der Waals surface area (Å²) in [6.07, 6.45) is -7.53. The predicted molar refractivity (Wildman–Crippen MR) is 100 cm³/mol. The van der Waals surface area contributed by atoms with Crippen molar-refractivity contribution in [3.05, 3.63) is 83.4 Å². The van der Waals surface area contributed by atoms with Gasteiger partial charge in [-0.05, 0) is 54.2 Å². The van der Waals surface area contributed by atoms with Crippen LogP contribution in [0.2, 0.25) is 0 Å². The largest absolute Gasteiger partial charge is 0.416 e. The monoisotopic (exact) mass is 361 g/mol. The van der Waals surface area contributed by atoms with Crippen LogP contribution in [0.4, 0.5) is 13.2 Å². The van der Waals surface area contributed by atoms with Crippen LogP contribution in [0.3, 0.4) is 0 Å². The van der Waals surface area contributed by atoms with Crippen LogP contribution in [-0.4, -0.2) is 6.50 Å². The maximum absolute atomic E-state index is 13.0. The molecule has 1 nitrogen and oxygen atoms in total. The van der Waals surface area contributed by atoms with E-state index in [0.717, 1.165) is 34.5 Å². The van der Waals surface area contributed by atoms with Gasteiger partial charge in [0.25, 0.3) is 0 Å². The molecule has 0 bridgehead atoms. The molecule has 0 unspecified atom stereocenters. The van der Waals surface area contributed by atoms with Crippen LogP contribution in [0.5, 0.6) is 0 Å². The molecule has 0 aromatic heterocycles. The summed E-state index contributed by atoms with van der Waals surface area (Å²) in [6.45, 7) is -0.381. The van der Waals surface area contributed by atoms with Gasteiger partial charge >= 0.3 is 6.18 Å². The summed E-state index contributed by atoms with van der Waals surface area (Å²) in [5.74, 6) is 0. The highest BCUT2D eigenvalue weighted by atomic mass is 19.4. The minimum absolute atomic E-state index is 0.208. The van der Waals surface area contributed by atoms with Crippen LogP contribution in [0, 0.1) is 0 Å². The van der Waals surface area contributed by atoms with E-state index in [1.54, 1.807) is 6.92 Å². The molecule has 0 fully saturated rings. The van der Waals surface area contributed by atoms with Crippen LogP contribution in [0.1, 0.15) is 41.6 Å². The van der Waals surface area contributed by atoms with Gasteiger partial charge < -0.3 is 5.32 Å². The number of halogens is 3. The number of hydrogen-bond acceptors (Lipinski definition) is 1. The first-order chi connectivity index (χ1) is 13.9. The Hall–Kier alpha value is -2.33. The highest BCUT2D eigenvalue weighted by Gasteiger charge is 2.30. The van der Waals surface area contributed by atoms with Gasteiger partial charge in [-0.3, -0.25) is 0 Å². The SMILES string of the molecule is [2H]C([2H])(CC([2H])([2H])c1cccc(C(F)(F)F)c1)N[C@H](C)c1cccc2ccccc12. The van der Waals surface area contributed by atoms with Crippen molar-refractivity contribution in [1.29, 1.82) is 0 Å². The molecule has 4 heteroatoms. The Balaban J connectivity index is 1.81. The van der Waals surface area contributed by atoms with Crippen molar-refractivity contribution >= 4 is 10.8 Å². The average Bonchev–Trinajstić information content (AvgIpc) is 2.65. The van der Waals surface area contributed by atoms with E-state index in [2.05, 4.69) is 5.32 Å². The number of benzene rings is 3. The lowest BCUT2D eigenvalue weighted by Crippen LogP contribution is -2.20. The standard InChI is InChI=1S/C22H22F3N/c1-16(20-13-5-10-18-9-2-3-12-21(18)20)26-14-6-8-17-7-4-11-19(15-17)22(23,24)25/h2-5,7,9-13,15-16,26H,6,8,14H2,1H3/t16-/m1/s1/i8D2,14D2. The lowest BCUT2D eigenvalue weighted by molar-refractivity contribution is -0.137. The molecule has 0 saturated heterocycles. The maximum atomic E-state index is 13.0. The fraction of sp³-hybridized carbons (Fsp3) is 0.273. The fourth-order valence-corrected chi connectivity index (χ4v) is 2.86. The van der Waals surface area contributed by atoms with Crippen molar-refractivity contribution in [2.24, 2.45) is 0 Å². The van der Waals surface area contributed by atoms with Gasteiger partial charge in [-0.15, -0.1) is 0 Å². The number of nitrogens with one attached hydrogen (secondary N) is 1. The molecule has 0 radical (unpaired) electrons. The summed E-state index contributed by atoms with van der Waals surface area (Å²) in [4.78, 5) is 0. The van der Waals surface area contributed by atoms with E-state index in [1.165, 1.54) is 6.07 Å². The number of hydrogen-bond donors (Lipinski definition) is 1. The van der Waals surface area contributed by atoms with Crippen LogP contribution in [-0.2, 0) is 12.5 Å². The van der Waals surface area contributed by atoms with Gasteiger partial charge in [0.05, 0.1) is 5.56 Å². The zero-order valence-electron chi connectivity index (χ0n) is 18.3. The minimum Gasteiger partial charge on any atom is -0.310 e. The van der Waals surface area contributed by atoms with Gasteiger partial charge in [-0.1, -0.05) is 60.7 Å². The Morgan fingerprint density at radius 2 is 1.73 bits per heavy atom. The molecule has 136 valence electrons. The predicted octanol–water partition coefficient (Wildman–Crippen LogP) is 6.14. The van der Waals surface area contributed by atoms with Gasteiger partial charge in [0.1, 0.15) is 0 Å². The first-order valence-corrected chi connectivity index (χ1v) is 8.32. The van der Waals surface area contributed by atoms with Crippen molar-refractivity contribution in [2.45, 2.75) is 31.9 Å². The second-order valence-corrected chi connectivity index (χ2v) is 6.04. The molecule has 0 heterocycles. The molecule has 1 N–H and O–H groups in total. The zero-order chi connectivity index (χ0) is 22.2. The van der Waals surface area contributed by atoms with Gasteiger partial charge in [-0.2, -0.15) is 13.2 Å². The quantitative estimate of drug-likeness (QED) is 0.556. The molecule has 0 aliphatic heterocycles. The Labute approximate surface area is 157 Å². The third-order valence-corrected chi connectivity index (χ3v) is 4.18.